The average Bonchev–Trinajstić information content (AvgIpc) is 2.47. The van der Waals surface area contributed by atoms with E-state index in [1.165, 1.54) is 19.4 Å². The minimum absolute atomic E-state index is 0.00125. The highest BCUT2D eigenvalue weighted by Crippen LogP contribution is 2.27. The van der Waals surface area contributed by atoms with E-state index in [-0.39, 0.29) is 6.04 Å². The van der Waals surface area contributed by atoms with Crippen molar-refractivity contribution in [2.45, 2.75) is 46.1 Å². The quantitative estimate of drug-likeness (QED) is 0.638. The van der Waals surface area contributed by atoms with Crippen molar-refractivity contribution in [1.82, 2.24) is 4.90 Å². The lowest BCUT2D eigenvalue weighted by Gasteiger charge is -2.26. The molecule has 4 heteroatoms. The molecule has 0 amide bonds. The molecule has 1 aromatic rings. The van der Waals surface area contributed by atoms with E-state index in [0.29, 0.717) is 0 Å². The van der Waals surface area contributed by atoms with Gasteiger partial charge in [-0.15, -0.1) is 0 Å². The highest BCUT2D eigenvalue weighted by molar-refractivity contribution is 9.10. The topological polar surface area (TPSA) is 29.3 Å². The normalized spacial score (nSPS) is 13.1. The molecule has 1 rings (SSSR count). The van der Waals surface area contributed by atoms with Crippen LogP contribution in [0.5, 0.6) is 0 Å². The van der Waals surface area contributed by atoms with Gasteiger partial charge in [-0.2, -0.15) is 0 Å². The maximum absolute atomic E-state index is 6.32. The smallest absolute Gasteiger partial charge is 0.0464 e. The Morgan fingerprint density at radius 3 is 2.43 bits per heavy atom. The van der Waals surface area contributed by atoms with Crippen LogP contribution in [0.3, 0.4) is 0 Å². The number of hydrogen-bond acceptors (Lipinski definition) is 2. The molecule has 0 spiro atoms. The molecule has 2 N–H and O–H groups in total. The van der Waals surface area contributed by atoms with Gasteiger partial charge in [-0.05, 0) is 43.1 Å². The molecule has 0 aliphatic rings. The van der Waals surface area contributed by atoms with Crippen molar-refractivity contribution in [1.29, 1.82) is 0 Å². The van der Waals surface area contributed by atoms with Crippen LogP contribution in [-0.2, 0) is 0 Å². The van der Waals surface area contributed by atoms with E-state index in [2.05, 4.69) is 41.6 Å². The third kappa shape index (κ3) is 6.27. The molecule has 2 nitrogen and oxygen atoms in total. The van der Waals surface area contributed by atoms with Gasteiger partial charge in [-0.1, -0.05) is 67.2 Å². The highest BCUT2D eigenvalue weighted by atomic mass is 79.9. The molecule has 21 heavy (non-hydrogen) atoms. The maximum atomic E-state index is 6.32. The SMILES string of the molecule is CCC(CC)CN(CC)CCC(N)c1ccc(Br)cc1Cl. The van der Waals surface area contributed by atoms with Gasteiger partial charge in [0, 0.05) is 22.1 Å². The number of nitrogens with zero attached hydrogens (tertiary/aromatic N) is 1. The third-order valence-electron chi connectivity index (χ3n) is 4.24. The molecule has 1 unspecified atom stereocenters. The third-order valence-corrected chi connectivity index (χ3v) is 5.06. The molecular formula is C17H28BrClN2. The van der Waals surface area contributed by atoms with Gasteiger partial charge in [0.15, 0.2) is 0 Å². The largest absolute Gasteiger partial charge is 0.324 e. The second kappa shape index (κ2) is 9.83. The number of hydrogen-bond donors (Lipinski definition) is 1. The zero-order chi connectivity index (χ0) is 15.8. The van der Waals surface area contributed by atoms with Gasteiger partial charge in [0.05, 0.1) is 0 Å². The molecule has 120 valence electrons. The fraction of sp³-hybridized carbons (Fsp3) is 0.647. The Kier molecular flexibility index (Phi) is 8.88. The minimum Gasteiger partial charge on any atom is -0.324 e. The summed E-state index contributed by atoms with van der Waals surface area (Å²) in [6, 6.07) is 5.94. The summed E-state index contributed by atoms with van der Waals surface area (Å²) in [5.41, 5.74) is 7.36. The van der Waals surface area contributed by atoms with Crippen molar-refractivity contribution >= 4 is 27.5 Å². The lowest BCUT2D eigenvalue weighted by atomic mass is 10.0. The summed E-state index contributed by atoms with van der Waals surface area (Å²) in [5.74, 6) is 0.789. The molecule has 0 saturated carbocycles. The van der Waals surface area contributed by atoms with Crippen molar-refractivity contribution in [3.63, 3.8) is 0 Å². The molecule has 0 saturated heterocycles. The van der Waals surface area contributed by atoms with Crippen molar-refractivity contribution in [3.8, 4) is 0 Å². The molecule has 0 bridgehead atoms. The summed E-state index contributed by atoms with van der Waals surface area (Å²) in [5, 5.41) is 0.750. The maximum Gasteiger partial charge on any atom is 0.0464 e. The van der Waals surface area contributed by atoms with Crippen LogP contribution in [0.15, 0.2) is 22.7 Å². The van der Waals surface area contributed by atoms with Gasteiger partial charge in [-0.25, -0.2) is 0 Å². The lowest BCUT2D eigenvalue weighted by Crippen LogP contribution is -2.32. The summed E-state index contributed by atoms with van der Waals surface area (Å²) in [7, 11) is 0. The molecule has 0 aliphatic heterocycles. The number of nitrogens with two attached hydrogens (primary N) is 1. The van der Waals surface area contributed by atoms with Crippen LogP contribution >= 0.6 is 27.5 Å². The summed E-state index contributed by atoms with van der Waals surface area (Å²) in [6.07, 6.45) is 3.44. The van der Waals surface area contributed by atoms with E-state index in [4.69, 9.17) is 17.3 Å². The molecule has 0 radical (unpaired) electrons. The molecule has 0 fully saturated rings. The summed E-state index contributed by atoms with van der Waals surface area (Å²) < 4.78 is 0.993. The zero-order valence-electron chi connectivity index (χ0n) is 13.4. The van der Waals surface area contributed by atoms with E-state index in [1.54, 1.807) is 0 Å². The number of rotatable bonds is 9. The van der Waals surface area contributed by atoms with Crippen LogP contribution in [0, 0.1) is 5.92 Å². The first-order valence-electron chi connectivity index (χ1n) is 7.94. The second-order valence-electron chi connectivity index (χ2n) is 5.64. The number of halogens is 2. The van der Waals surface area contributed by atoms with Gasteiger partial charge in [0.25, 0.3) is 0 Å². The van der Waals surface area contributed by atoms with Crippen LogP contribution in [0.4, 0.5) is 0 Å². The summed E-state index contributed by atoms with van der Waals surface area (Å²) in [4.78, 5) is 2.50. The fourth-order valence-electron chi connectivity index (χ4n) is 2.57. The van der Waals surface area contributed by atoms with Crippen LogP contribution in [0.2, 0.25) is 5.02 Å². The van der Waals surface area contributed by atoms with E-state index in [1.807, 2.05) is 18.2 Å². The van der Waals surface area contributed by atoms with Crippen LogP contribution < -0.4 is 5.73 Å². The first-order chi connectivity index (χ1) is 10.0. The van der Waals surface area contributed by atoms with Crippen LogP contribution in [-0.4, -0.2) is 24.5 Å². The Hall–Kier alpha value is -0.0900. The Balaban J connectivity index is 2.55. The van der Waals surface area contributed by atoms with Gasteiger partial charge >= 0.3 is 0 Å². The molecule has 1 atom stereocenters. The average molecular weight is 376 g/mol. The summed E-state index contributed by atoms with van der Waals surface area (Å²) in [6.45, 7) is 10.0. The molecule has 0 heterocycles. The first-order valence-corrected chi connectivity index (χ1v) is 9.11. The number of benzene rings is 1. The Labute approximate surface area is 143 Å². The monoisotopic (exact) mass is 374 g/mol. The molecule has 1 aromatic carbocycles. The van der Waals surface area contributed by atoms with Gasteiger partial charge in [0.2, 0.25) is 0 Å². The van der Waals surface area contributed by atoms with Gasteiger partial charge < -0.3 is 10.6 Å². The standard InChI is InChI=1S/C17H28BrClN2/c1-4-13(5-2)12-21(6-3)10-9-17(20)15-8-7-14(18)11-16(15)19/h7-8,11,13,17H,4-6,9-10,12,20H2,1-3H3. The van der Waals surface area contributed by atoms with E-state index < -0.39 is 0 Å². The van der Waals surface area contributed by atoms with Crippen molar-refractivity contribution in [2.24, 2.45) is 11.7 Å². The Morgan fingerprint density at radius 1 is 1.24 bits per heavy atom. The first kappa shape index (κ1) is 19.0. The van der Waals surface area contributed by atoms with Crippen molar-refractivity contribution < 1.29 is 0 Å². The minimum atomic E-state index is 0.00125. The van der Waals surface area contributed by atoms with E-state index in [0.717, 1.165) is 40.5 Å². The van der Waals surface area contributed by atoms with E-state index in [9.17, 15) is 0 Å². The summed E-state index contributed by atoms with van der Waals surface area (Å²) >= 11 is 9.71. The Morgan fingerprint density at radius 2 is 1.90 bits per heavy atom. The molecular weight excluding hydrogens is 348 g/mol. The van der Waals surface area contributed by atoms with Crippen molar-refractivity contribution in [2.75, 3.05) is 19.6 Å². The highest BCUT2D eigenvalue weighted by Gasteiger charge is 2.14. The fourth-order valence-corrected chi connectivity index (χ4v) is 3.38. The second-order valence-corrected chi connectivity index (χ2v) is 6.96. The van der Waals surface area contributed by atoms with Gasteiger partial charge in [-0.3, -0.25) is 0 Å². The molecule has 0 aliphatic carbocycles. The predicted molar refractivity (Wildman–Crippen MR) is 96.9 cm³/mol. The lowest BCUT2D eigenvalue weighted by molar-refractivity contribution is 0.226. The molecule has 0 aromatic heterocycles. The van der Waals surface area contributed by atoms with Crippen LogP contribution in [0.1, 0.15) is 51.6 Å². The predicted octanol–water partition coefficient (Wildman–Crippen LogP) is 5.25. The van der Waals surface area contributed by atoms with E-state index >= 15 is 0 Å². The van der Waals surface area contributed by atoms with Crippen LogP contribution in [0.25, 0.3) is 0 Å². The van der Waals surface area contributed by atoms with Gasteiger partial charge in [0.1, 0.15) is 0 Å². The van der Waals surface area contributed by atoms with Crippen molar-refractivity contribution in [3.05, 3.63) is 33.3 Å². The zero-order valence-corrected chi connectivity index (χ0v) is 15.8. The Bertz CT molecular complexity index is 421.